The lowest BCUT2D eigenvalue weighted by Gasteiger charge is -2.07. The average molecular weight is 195 g/mol. The Labute approximate surface area is 84.7 Å². The summed E-state index contributed by atoms with van der Waals surface area (Å²) in [5.74, 6) is 0.862. The molecule has 78 valence electrons. The van der Waals surface area contributed by atoms with Gasteiger partial charge in [0.05, 0.1) is 13.2 Å². The molecule has 0 aliphatic carbocycles. The Morgan fingerprint density at radius 1 is 1.50 bits per heavy atom. The summed E-state index contributed by atoms with van der Waals surface area (Å²) in [5.41, 5.74) is 1.16. The monoisotopic (exact) mass is 195 g/mol. The number of rotatable bonds is 5. The minimum atomic E-state index is -0.305. The summed E-state index contributed by atoms with van der Waals surface area (Å²) in [6.45, 7) is 3.12. The van der Waals surface area contributed by atoms with Crippen molar-refractivity contribution in [1.82, 2.24) is 5.32 Å². The van der Waals surface area contributed by atoms with Crippen molar-refractivity contribution in [2.45, 2.75) is 19.6 Å². The van der Waals surface area contributed by atoms with Crippen molar-refractivity contribution in [1.29, 1.82) is 0 Å². The highest BCUT2D eigenvalue weighted by molar-refractivity contribution is 5.28. The Morgan fingerprint density at radius 2 is 2.29 bits per heavy atom. The van der Waals surface area contributed by atoms with Gasteiger partial charge in [-0.1, -0.05) is 12.1 Å². The molecular formula is C11H17NO2. The van der Waals surface area contributed by atoms with Gasteiger partial charge >= 0.3 is 0 Å². The number of aliphatic hydroxyl groups is 1. The first-order valence-corrected chi connectivity index (χ1v) is 4.74. The summed E-state index contributed by atoms with van der Waals surface area (Å²) in [7, 11) is 1.66. The summed E-state index contributed by atoms with van der Waals surface area (Å²) in [6, 6.07) is 7.88. The normalized spacial score (nSPS) is 12.5. The molecule has 0 radical (unpaired) electrons. The molecule has 0 saturated carbocycles. The van der Waals surface area contributed by atoms with Crippen LogP contribution in [0.15, 0.2) is 24.3 Å². The molecule has 0 aliphatic heterocycles. The summed E-state index contributed by atoms with van der Waals surface area (Å²) < 4.78 is 5.11. The maximum atomic E-state index is 9.04. The maximum Gasteiger partial charge on any atom is 0.119 e. The molecule has 0 fully saturated rings. The van der Waals surface area contributed by atoms with Gasteiger partial charge in [-0.15, -0.1) is 0 Å². The maximum absolute atomic E-state index is 9.04. The van der Waals surface area contributed by atoms with E-state index in [1.54, 1.807) is 14.0 Å². The molecule has 1 aromatic rings. The first kappa shape index (κ1) is 11.0. The number of hydrogen-bond acceptors (Lipinski definition) is 3. The molecular weight excluding hydrogens is 178 g/mol. The molecule has 0 heterocycles. The van der Waals surface area contributed by atoms with Gasteiger partial charge in [-0.25, -0.2) is 0 Å². The van der Waals surface area contributed by atoms with Crippen molar-refractivity contribution >= 4 is 0 Å². The first-order valence-electron chi connectivity index (χ1n) is 4.74. The van der Waals surface area contributed by atoms with Crippen molar-refractivity contribution < 1.29 is 9.84 Å². The number of methoxy groups -OCH3 is 1. The van der Waals surface area contributed by atoms with Gasteiger partial charge in [-0.2, -0.15) is 0 Å². The Hall–Kier alpha value is -1.06. The third-order valence-corrected chi connectivity index (χ3v) is 1.90. The van der Waals surface area contributed by atoms with Crippen LogP contribution in [-0.2, 0) is 6.54 Å². The molecule has 0 saturated heterocycles. The van der Waals surface area contributed by atoms with Crippen molar-refractivity contribution in [3.63, 3.8) is 0 Å². The van der Waals surface area contributed by atoms with Gasteiger partial charge in [0.1, 0.15) is 5.75 Å². The number of benzene rings is 1. The molecule has 0 unspecified atom stereocenters. The lowest BCUT2D eigenvalue weighted by atomic mass is 10.2. The fourth-order valence-electron chi connectivity index (χ4n) is 1.21. The van der Waals surface area contributed by atoms with Crippen LogP contribution in [0, 0.1) is 0 Å². The highest BCUT2D eigenvalue weighted by Crippen LogP contribution is 2.11. The quantitative estimate of drug-likeness (QED) is 0.741. The van der Waals surface area contributed by atoms with E-state index < -0.39 is 0 Å². The van der Waals surface area contributed by atoms with Gasteiger partial charge in [0, 0.05) is 13.1 Å². The van der Waals surface area contributed by atoms with Crippen molar-refractivity contribution in [2.24, 2.45) is 0 Å². The van der Waals surface area contributed by atoms with Crippen LogP contribution in [0.3, 0.4) is 0 Å². The largest absolute Gasteiger partial charge is 0.497 e. The summed E-state index contributed by atoms with van der Waals surface area (Å²) >= 11 is 0. The highest BCUT2D eigenvalue weighted by Gasteiger charge is 1.97. The van der Waals surface area contributed by atoms with E-state index in [0.29, 0.717) is 6.54 Å². The molecule has 3 heteroatoms. The SMILES string of the molecule is COc1cccc(CNC[C@H](C)O)c1. The van der Waals surface area contributed by atoms with Crippen molar-refractivity contribution in [3.05, 3.63) is 29.8 Å². The lowest BCUT2D eigenvalue weighted by molar-refractivity contribution is 0.191. The minimum Gasteiger partial charge on any atom is -0.497 e. The lowest BCUT2D eigenvalue weighted by Crippen LogP contribution is -2.23. The number of hydrogen-bond donors (Lipinski definition) is 2. The van der Waals surface area contributed by atoms with Gasteiger partial charge in [-0.05, 0) is 24.6 Å². The van der Waals surface area contributed by atoms with Gasteiger partial charge in [0.25, 0.3) is 0 Å². The molecule has 0 aromatic heterocycles. The predicted octanol–water partition coefficient (Wildman–Crippen LogP) is 1.17. The van der Waals surface area contributed by atoms with Gasteiger partial charge in [0.2, 0.25) is 0 Å². The number of aliphatic hydroxyl groups excluding tert-OH is 1. The van der Waals surface area contributed by atoms with Crippen LogP contribution in [0.2, 0.25) is 0 Å². The second kappa shape index (κ2) is 5.62. The van der Waals surface area contributed by atoms with Crippen LogP contribution >= 0.6 is 0 Å². The van der Waals surface area contributed by atoms with E-state index in [-0.39, 0.29) is 6.10 Å². The first-order chi connectivity index (χ1) is 6.72. The number of nitrogens with one attached hydrogen (secondary N) is 1. The molecule has 2 N–H and O–H groups in total. The van der Waals surface area contributed by atoms with Crippen LogP contribution in [0.4, 0.5) is 0 Å². The van der Waals surface area contributed by atoms with E-state index in [1.165, 1.54) is 0 Å². The minimum absolute atomic E-state index is 0.305. The number of ether oxygens (including phenoxy) is 1. The third kappa shape index (κ3) is 3.77. The molecule has 0 spiro atoms. The summed E-state index contributed by atoms with van der Waals surface area (Å²) in [5, 5.41) is 12.2. The van der Waals surface area contributed by atoms with Gasteiger partial charge in [0.15, 0.2) is 0 Å². The Kier molecular flexibility index (Phi) is 4.43. The molecule has 14 heavy (non-hydrogen) atoms. The van der Waals surface area contributed by atoms with Crippen molar-refractivity contribution in [2.75, 3.05) is 13.7 Å². The zero-order valence-corrected chi connectivity index (χ0v) is 8.66. The van der Waals surface area contributed by atoms with Gasteiger partial charge < -0.3 is 15.2 Å². The van der Waals surface area contributed by atoms with Crippen LogP contribution < -0.4 is 10.1 Å². The Bertz CT molecular complexity index is 274. The molecule has 0 amide bonds. The van der Waals surface area contributed by atoms with Crippen LogP contribution in [0.1, 0.15) is 12.5 Å². The highest BCUT2D eigenvalue weighted by atomic mass is 16.5. The van der Waals surface area contributed by atoms with Gasteiger partial charge in [-0.3, -0.25) is 0 Å². The molecule has 1 atom stereocenters. The van der Waals surface area contributed by atoms with E-state index in [9.17, 15) is 0 Å². The standard InChI is InChI=1S/C11H17NO2/c1-9(13)7-12-8-10-4-3-5-11(6-10)14-2/h3-6,9,12-13H,7-8H2,1-2H3/t9-/m0/s1. The zero-order valence-electron chi connectivity index (χ0n) is 8.66. The molecule has 3 nitrogen and oxygen atoms in total. The van der Waals surface area contributed by atoms with E-state index in [0.717, 1.165) is 17.9 Å². The topological polar surface area (TPSA) is 41.5 Å². The average Bonchev–Trinajstić information content (AvgIpc) is 2.18. The van der Waals surface area contributed by atoms with Crippen LogP contribution in [-0.4, -0.2) is 24.9 Å². The summed E-state index contributed by atoms with van der Waals surface area (Å²) in [4.78, 5) is 0. The Balaban J connectivity index is 2.42. The van der Waals surface area contributed by atoms with Crippen LogP contribution in [0.5, 0.6) is 5.75 Å². The smallest absolute Gasteiger partial charge is 0.119 e. The molecule has 0 bridgehead atoms. The zero-order chi connectivity index (χ0) is 10.4. The van der Waals surface area contributed by atoms with E-state index in [1.807, 2.05) is 24.3 Å². The van der Waals surface area contributed by atoms with Crippen molar-refractivity contribution in [3.8, 4) is 5.75 Å². The fraction of sp³-hybridized carbons (Fsp3) is 0.455. The molecule has 0 aliphatic rings. The van der Waals surface area contributed by atoms with E-state index in [2.05, 4.69) is 5.32 Å². The van der Waals surface area contributed by atoms with E-state index >= 15 is 0 Å². The predicted molar refractivity (Wildman–Crippen MR) is 56.4 cm³/mol. The second-order valence-corrected chi connectivity index (χ2v) is 3.33. The third-order valence-electron chi connectivity index (χ3n) is 1.90. The molecule has 1 aromatic carbocycles. The van der Waals surface area contributed by atoms with E-state index in [4.69, 9.17) is 9.84 Å². The summed E-state index contributed by atoms with van der Waals surface area (Å²) in [6.07, 6.45) is -0.305. The Morgan fingerprint density at radius 3 is 2.93 bits per heavy atom. The second-order valence-electron chi connectivity index (χ2n) is 3.33. The fourth-order valence-corrected chi connectivity index (χ4v) is 1.21. The molecule has 1 rings (SSSR count). The van der Waals surface area contributed by atoms with Crippen LogP contribution in [0.25, 0.3) is 0 Å².